The maximum Gasteiger partial charge on any atom is 0.292 e. The largest absolute Gasteiger partial charge is 0.383 e. The lowest BCUT2D eigenvalue weighted by atomic mass is 10.2. The number of nitro groups is 1. The molecule has 1 aromatic heterocycles. The summed E-state index contributed by atoms with van der Waals surface area (Å²) in [5.41, 5.74) is 0.232. The van der Waals surface area contributed by atoms with Crippen LogP contribution in [0.1, 0.15) is 19.9 Å². The molecule has 0 aliphatic heterocycles. The molecule has 0 spiro atoms. The Bertz CT molecular complexity index is 1180. The number of methoxy groups -OCH3 is 1. The second kappa shape index (κ2) is 9.71. The van der Waals surface area contributed by atoms with Crippen molar-refractivity contribution in [2.45, 2.75) is 30.3 Å². The molecule has 2 unspecified atom stereocenters. The van der Waals surface area contributed by atoms with Crippen molar-refractivity contribution >= 4 is 39.9 Å². The molecule has 3 rings (SSSR count). The summed E-state index contributed by atoms with van der Waals surface area (Å²) in [4.78, 5) is 41.1. The molecule has 0 fully saturated rings. The van der Waals surface area contributed by atoms with Crippen LogP contribution in [-0.4, -0.2) is 39.3 Å². The van der Waals surface area contributed by atoms with Gasteiger partial charge in [-0.15, -0.1) is 0 Å². The molecule has 0 bridgehead atoms. The van der Waals surface area contributed by atoms with Gasteiger partial charge >= 0.3 is 0 Å². The number of nitrogens with zero attached hydrogens (tertiary/aromatic N) is 3. The molecule has 162 valence electrons. The Kier molecular flexibility index (Phi) is 7.03. The molecule has 0 saturated heterocycles. The number of anilines is 1. The second-order valence-corrected chi connectivity index (χ2v) is 8.22. The molecule has 9 nitrogen and oxygen atoms in total. The van der Waals surface area contributed by atoms with Crippen molar-refractivity contribution in [3.05, 3.63) is 69.0 Å². The van der Waals surface area contributed by atoms with Gasteiger partial charge in [-0.2, -0.15) is 0 Å². The molecule has 0 aliphatic carbocycles. The first kappa shape index (κ1) is 22.4. The van der Waals surface area contributed by atoms with Crippen LogP contribution in [0.5, 0.6) is 0 Å². The summed E-state index contributed by atoms with van der Waals surface area (Å²) in [5, 5.41) is 14.0. The lowest BCUT2D eigenvalue weighted by Gasteiger charge is -2.20. The number of nitrogens with one attached hydrogen (secondary N) is 1. The third kappa shape index (κ3) is 4.92. The molecule has 2 atom stereocenters. The number of nitro benzene ring substituents is 1. The normalized spacial score (nSPS) is 13.0. The van der Waals surface area contributed by atoms with Crippen molar-refractivity contribution in [3.8, 4) is 0 Å². The van der Waals surface area contributed by atoms with Crippen molar-refractivity contribution in [1.29, 1.82) is 0 Å². The van der Waals surface area contributed by atoms with Crippen LogP contribution in [0, 0.1) is 10.1 Å². The predicted octanol–water partition coefficient (Wildman–Crippen LogP) is 3.63. The van der Waals surface area contributed by atoms with Gasteiger partial charge in [-0.05, 0) is 32.0 Å². The number of fused-ring (bicyclic) bond motifs is 1. The Balaban J connectivity index is 1.93. The minimum Gasteiger partial charge on any atom is -0.383 e. The number of amides is 1. The monoisotopic (exact) mass is 442 g/mol. The highest BCUT2D eigenvalue weighted by molar-refractivity contribution is 8.00. The lowest BCUT2D eigenvalue weighted by Crippen LogP contribution is -2.30. The summed E-state index contributed by atoms with van der Waals surface area (Å²) < 4.78 is 6.73. The Labute approximate surface area is 182 Å². The van der Waals surface area contributed by atoms with E-state index in [1.54, 1.807) is 44.4 Å². The summed E-state index contributed by atoms with van der Waals surface area (Å²) in [6, 6.07) is 12.6. The Morgan fingerprint density at radius 2 is 1.90 bits per heavy atom. The Morgan fingerprint density at radius 1 is 1.23 bits per heavy atom. The molecule has 1 amide bonds. The number of hydrogen-bond acceptors (Lipinski definition) is 7. The van der Waals surface area contributed by atoms with Crippen molar-refractivity contribution in [2.75, 3.05) is 19.0 Å². The lowest BCUT2D eigenvalue weighted by molar-refractivity contribution is -0.383. The fraction of sp³-hybridized carbons (Fsp3) is 0.286. The zero-order valence-electron chi connectivity index (χ0n) is 17.3. The van der Waals surface area contributed by atoms with Crippen LogP contribution < -0.4 is 10.9 Å². The fourth-order valence-electron chi connectivity index (χ4n) is 3.10. The van der Waals surface area contributed by atoms with E-state index in [4.69, 9.17) is 4.74 Å². The molecule has 1 heterocycles. The summed E-state index contributed by atoms with van der Waals surface area (Å²) >= 11 is 1.11. The first-order valence-corrected chi connectivity index (χ1v) is 10.4. The second-order valence-electron chi connectivity index (χ2n) is 6.91. The zero-order valence-corrected chi connectivity index (χ0v) is 18.1. The number of ether oxygens (including phenoxy) is 1. The topological polar surface area (TPSA) is 116 Å². The third-order valence-electron chi connectivity index (χ3n) is 4.63. The van der Waals surface area contributed by atoms with Crippen molar-refractivity contribution in [2.24, 2.45) is 0 Å². The number of rotatable bonds is 8. The van der Waals surface area contributed by atoms with E-state index in [1.807, 2.05) is 6.92 Å². The van der Waals surface area contributed by atoms with Crippen LogP contribution in [0.3, 0.4) is 0 Å². The zero-order chi connectivity index (χ0) is 22.5. The van der Waals surface area contributed by atoms with E-state index in [-0.39, 0.29) is 23.0 Å². The van der Waals surface area contributed by atoms with Gasteiger partial charge in [0.05, 0.1) is 33.7 Å². The van der Waals surface area contributed by atoms with Gasteiger partial charge < -0.3 is 10.1 Å². The van der Waals surface area contributed by atoms with Gasteiger partial charge in [0.25, 0.3) is 11.2 Å². The van der Waals surface area contributed by atoms with Gasteiger partial charge in [0.2, 0.25) is 5.91 Å². The van der Waals surface area contributed by atoms with Gasteiger partial charge in [-0.25, -0.2) is 4.98 Å². The molecule has 3 aromatic rings. The molecule has 10 heteroatoms. The number of thioether (sulfide) groups is 1. The molecule has 0 radical (unpaired) electrons. The van der Waals surface area contributed by atoms with Gasteiger partial charge in [-0.1, -0.05) is 36.0 Å². The number of para-hydroxylation sites is 3. The highest BCUT2D eigenvalue weighted by atomic mass is 32.2. The summed E-state index contributed by atoms with van der Waals surface area (Å²) in [6.45, 7) is 3.79. The van der Waals surface area contributed by atoms with E-state index >= 15 is 0 Å². The fourth-order valence-corrected chi connectivity index (χ4v) is 4.11. The van der Waals surface area contributed by atoms with E-state index in [0.717, 1.165) is 11.8 Å². The first-order valence-electron chi connectivity index (χ1n) is 9.54. The van der Waals surface area contributed by atoms with Gasteiger partial charge in [-0.3, -0.25) is 24.3 Å². The number of benzene rings is 2. The summed E-state index contributed by atoms with van der Waals surface area (Å²) in [6.07, 6.45) is 0. The number of aromatic nitrogens is 2. The van der Waals surface area contributed by atoms with Gasteiger partial charge in [0, 0.05) is 13.2 Å². The molecule has 31 heavy (non-hydrogen) atoms. The third-order valence-corrected chi connectivity index (χ3v) is 5.70. The van der Waals surface area contributed by atoms with E-state index in [9.17, 15) is 19.7 Å². The Morgan fingerprint density at radius 3 is 2.61 bits per heavy atom. The highest BCUT2D eigenvalue weighted by Crippen LogP contribution is 2.28. The van der Waals surface area contributed by atoms with Crippen LogP contribution in [0.15, 0.2) is 58.5 Å². The van der Waals surface area contributed by atoms with E-state index in [1.165, 1.54) is 22.8 Å². The first-order chi connectivity index (χ1) is 14.8. The quantitative estimate of drug-likeness (QED) is 0.245. The molecular formula is C21H22N4O5S. The van der Waals surface area contributed by atoms with E-state index in [0.29, 0.717) is 22.7 Å². The minimum absolute atomic E-state index is 0.113. The van der Waals surface area contributed by atoms with Crippen LogP contribution in [0.25, 0.3) is 10.9 Å². The Hall–Kier alpha value is -3.24. The van der Waals surface area contributed by atoms with Crippen LogP contribution in [-0.2, 0) is 9.53 Å². The van der Waals surface area contributed by atoms with E-state index < -0.39 is 16.1 Å². The van der Waals surface area contributed by atoms with Crippen molar-refractivity contribution in [3.63, 3.8) is 0 Å². The smallest absolute Gasteiger partial charge is 0.292 e. The maximum absolute atomic E-state index is 13.1. The number of hydrogen-bond donors (Lipinski definition) is 1. The molecule has 1 N–H and O–H groups in total. The van der Waals surface area contributed by atoms with Crippen molar-refractivity contribution in [1.82, 2.24) is 9.55 Å². The average molecular weight is 442 g/mol. The van der Waals surface area contributed by atoms with Gasteiger partial charge in [0.1, 0.15) is 5.69 Å². The van der Waals surface area contributed by atoms with Gasteiger partial charge in [0.15, 0.2) is 5.16 Å². The minimum atomic E-state index is -0.672. The standard InChI is InChI=1S/C21H22N4O5S/c1-13(12-30-3)24-20(27)15-8-4-5-9-16(15)23-21(24)31-14(2)19(26)22-17-10-6-7-11-18(17)25(28)29/h4-11,13-14H,12H2,1-3H3,(H,22,26). The van der Waals surface area contributed by atoms with Crippen LogP contribution in [0.2, 0.25) is 0 Å². The van der Waals surface area contributed by atoms with Crippen molar-refractivity contribution < 1.29 is 14.5 Å². The van der Waals surface area contributed by atoms with Crippen LogP contribution >= 0.6 is 11.8 Å². The molecule has 0 saturated carbocycles. The summed E-state index contributed by atoms with van der Waals surface area (Å²) in [7, 11) is 1.55. The average Bonchev–Trinajstić information content (AvgIpc) is 2.74. The summed E-state index contributed by atoms with van der Waals surface area (Å²) in [5.74, 6) is -0.437. The highest BCUT2D eigenvalue weighted by Gasteiger charge is 2.23. The van der Waals surface area contributed by atoms with Crippen LogP contribution in [0.4, 0.5) is 11.4 Å². The predicted molar refractivity (Wildman–Crippen MR) is 120 cm³/mol. The SMILES string of the molecule is COCC(C)n1c(SC(C)C(=O)Nc2ccccc2[N+](=O)[O-])nc2ccccc2c1=O. The molecule has 0 aliphatic rings. The molecule has 2 aromatic carbocycles. The van der Waals surface area contributed by atoms with E-state index in [2.05, 4.69) is 10.3 Å². The number of carbonyl (C=O) groups excluding carboxylic acids is 1. The maximum atomic E-state index is 13.1. The molecular weight excluding hydrogens is 420 g/mol. The number of carbonyl (C=O) groups is 1.